The summed E-state index contributed by atoms with van der Waals surface area (Å²) in [7, 11) is 0. The van der Waals surface area contributed by atoms with Gasteiger partial charge in [-0.2, -0.15) is 0 Å². The average Bonchev–Trinajstić information content (AvgIpc) is 2.97. The molecule has 0 rings (SSSR count). The third-order valence-electron chi connectivity index (χ3n) is 9.34. The van der Waals surface area contributed by atoms with Crippen LogP contribution in [-0.4, -0.2) is 23.4 Å². The number of hydrogen-bond donors (Lipinski definition) is 1. The van der Waals surface area contributed by atoms with E-state index in [0.29, 0.717) is 6.61 Å². The lowest BCUT2D eigenvalue weighted by Crippen LogP contribution is -2.35. The molecule has 0 aliphatic rings. The van der Waals surface area contributed by atoms with Crippen LogP contribution in [0, 0.1) is 0 Å². The fourth-order valence-corrected chi connectivity index (χ4v) is 6.52. The van der Waals surface area contributed by atoms with E-state index in [2.05, 4.69) is 20.8 Å². The van der Waals surface area contributed by atoms with E-state index >= 15 is 0 Å². The fourth-order valence-electron chi connectivity index (χ4n) is 6.52. The summed E-state index contributed by atoms with van der Waals surface area (Å²) in [5, 5.41) is 10.1. The van der Waals surface area contributed by atoms with Crippen molar-refractivity contribution >= 4 is 0 Å². The summed E-state index contributed by atoms with van der Waals surface area (Å²) >= 11 is 0. The molecule has 1 N–H and O–H groups in total. The molecule has 0 aliphatic heterocycles. The van der Waals surface area contributed by atoms with Crippen LogP contribution in [0.2, 0.25) is 0 Å². The molecule has 0 spiro atoms. The van der Waals surface area contributed by atoms with E-state index in [9.17, 15) is 5.11 Å². The molecule has 0 heterocycles. The highest BCUT2D eigenvalue weighted by Crippen LogP contribution is 2.33. The summed E-state index contributed by atoms with van der Waals surface area (Å²) in [6.45, 7) is 9.31. The third-order valence-corrected chi connectivity index (χ3v) is 9.34. The number of hydrogen-bond acceptors (Lipinski definition) is 2. The lowest BCUT2D eigenvalue weighted by molar-refractivity contribution is -0.0941. The molecule has 2 unspecified atom stereocenters. The second-order valence-corrected chi connectivity index (χ2v) is 13.8. The second kappa shape index (κ2) is 32.8. The highest BCUT2D eigenvalue weighted by atomic mass is 16.5. The zero-order valence-corrected chi connectivity index (χ0v) is 29.3. The van der Waals surface area contributed by atoms with Gasteiger partial charge in [0.1, 0.15) is 0 Å². The summed E-state index contributed by atoms with van der Waals surface area (Å²) in [5.41, 5.74) is -0.00136. The molecule has 248 valence electrons. The predicted molar refractivity (Wildman–Crippen MR) is 185 cm³/mol. The Morgan fingerprint density at radius 1 is 0.390 bits per heavy atom. The van der Waals surface area contributed by atoms with E-state index in [1.807, 2.05) is 6.92 Å². The minimum Gasteiger partial charge on any atom is -0.391 e. The molecule has 0 aliphatic carbocycles. The van der Waals surface area contributed by atoms with E-state index in [1.54, 1.807) is 0 Å². The van der Waals surface area contributed by atoms with Crippen molar-refractivity contribution in [3.63, 3.8) is 0 Å². The van der Waals surface area contributed by atoms with E-state index in [0.717, 1.165) is 0 Å². The Kier molecular flexibility index (Phi) is 32.8. The normalized spacial score (nSPS) is 14.0. The maximum atomic E-state index is 10.1. The fraction of sp³-hybridized carbons (Fsp3) is 1.00. The van der Waals surface area contributed by atoms with Crippen LogP contribution in [0.4, 0.5) is 0 Å². The molecule has 0 saturated carbocycles. The number of unbranched alkanes of at least 4 members (excludes halogenated alkanes) is 26. The maximum Gasteiger partial charge on any atom is 0.0745 e. The summed E-state index contributed by atoms with van der Waals surface area (Å²) in [5.74, 6) is 0. The molecule has 2 heteroatoms. The van der Waals surface area contributed by atoms with Crippen molar-refractivity contribution in [3.05, 3.63) is 0 Å². The molecule has 2 nitrogen and oxygen atoms in total. The average molecular weight is 581 g/mol. The number of aliphatic hydroxyl groups is 1. The van der Waals surface area contributed by atoms with E-state index < -0.39 is 0 Å². The minimum absolute atomic E-state index is 0.00136. The minimum atomic E-state index is -0.363. The summed E-state index contributed by atoms with van der Waals surface area (Å²) in [6, 6.07) is 0. The molecule has 0 radical (unpaired) electrons. The molecule has 41 heavy (non-hydrogen) atoms. The van der Waals surface area contributed by atoms with Gasteiger partial charge < -0.3 is 9.84 Å². The van der Waals surface area contributed by atoms with Crippen molar-refractivity contribution in [2.24, 2.45) is 0 Å². The SMILES string of the molecule is CCCCCCCCCCCCCC(CCCCCCCCCC)(CCCCCCCCCCCC)OCC(C)O. The number of ether oxygens (including phenoxy) is 1. The standard InChI is InChI=1S/C39H80O2/c1-5-8-11-14-17-20-22-24-27-30-33-36-39(41-37-38(4)40,34-31-28-25-19-16-13-10-7-3)35-32-29-26-23-21-18-15-12-9-6-2/h38,40H,5-37H2,1-4H3. The van der Waals surface area contributed by atoms with Gasteiger partial charge in [0.2, 0.25) is 0 Å². The smallest absolute Gasteiger partial charge is 0.0745 e. The van der Waals surface area contributed by atoms with Gasteiger partial charge in [0.25, 0.3) is 0 Å². The van der Waals surface area contributed by atoms with Gasteiger partial charge in [-0.1, -0.05) is 207 Å². The van der Waals surface area contributed by atoms with Gasteiger partial charge in [0.05, 0.1) is 18.3 Å². The van der Waals surface area contributed by atoms with E-state index in [1.165, 1.54) is 205 Å². The highest BCUT2D eigenvalue weighted by Gasteiger charge is 2.30. The molecule has 0 aromatic heterocycles. The summed E-state index contributed by atoms with van der Waals surface area (Å²) in [6.07, 6.45) is 43.5. The van der Waals surface area contributed by atoms with Crippen LogP contribution in [0.5, 0.6) is 0 Å². The van der Waals surface area contributed by atoms with E-state index in [-0.39, 0.29) is 11.7 Å². The van der Waals surface area contributed by atoms with Crippen LogP contribution in [0.15, 0.2) is 0 Å². The van der Waals surface area contributed by atoms with Gasteiger partial charge in [-0.25, -0.2) is 0 Å². The molecule has 0 aromatic carbocycles. The Hall–Kier alpha value is -0.0800. The molecule has 2 atom stereocenters. The van der Waals surface area contributed by atoms with E-state index in [4.69, 9.17) is 4.74 Å². The summed E-state index contributed by atoms with van der Waals surface area (Å²) in [4.78, 5) is 0. The third kappa shape index (κ3) is 29.8. The molecule has 0 bridgehead atoms. The van der Waals surface area contributed by atoms with Crippen molar-refractivity contribution in [2.75, 3.05) is 6.61 Å². The quantitative estimate of drug-likeness (QED) is 0.0755. The zero-order chi connectivity index (χ0) is 30.1. The Balaban J connectivity index is 4.58. The van der Waals surface area contributed by atoms with Crippen LogP contribution in [-0.2, 0) is 4.74 Å². The lowest BCUT2D eigenvalue weighted by Gasteiger charge is -2.35. The van der Waals surface area contributed by atoms with Crippen molar-refractivity contribution < 1.29 is 9.84 Å². The van der Waals surface area contributed by atoms with Gasteiger partial charge >= 0.3 is 0 Å². The first-order valence-corrected chi connectivity index (χ1v) is 19.4. The molecular weight excluding hydrogens is 500 g/mol. The van der Waals surface area contributed by atoms with Crippen molar-refractivity contribution in [2.45, 2.75) is 245 Å². The molecule has 0 saturated heterocycles. The van der Waals surface area contributed by atoms with Gasteiger partial charge in [-0.05, 0) is 26.2 Å². The van der Waals surface area contributed by atoms with Gasteiger partial charge in [-0.3, -0.25) is 0 Å². The van der Waals surface area contributed by atoms with Crippen molar-refractivity contribution in [1.29, 1.82) is 0 Å². The Morgan fingerprint density at radius 2 is 0.610 bits per heavy atom. The van der Waals surface area contributed by atoms with Crippen LogP contribution in [0.25, 0.3) is 0 Å². The zero-order valence-electron chi connectivity index (χ0n) is 29.3. The Labute approximate surface area is 261 Å². The first kappa shape index (κ1) is 40.9. The van der Waals surface area contributed by atoms with Crippen LogP contribution in [0.3, 0.4) is 0 Å². The molecule has 0 amide bonds. The first-order valence-electron chi connectivity index (χ1n) is 19.4. The van der Waals surface area contributed by atoms with Crippen LogP contribution < -0.4 is 0 Å². The van der Waals surface area contributed by atoms with Crippen molar-refractivity contribution in [3.8, 4) is 0 Å². The topological polar surface area (TPSA) is 29.5 Å². The number of rotatable bonds is 35. The van der Waals surface area contributed by atoms with Crippen LogP contribution >= 0.6 is 0 Å². The van der Waals surface area contributed by atoms with Crippen molar-refractivity contribution in [1.82, 2.24) is 0 Å². The predicted octanol–water partition coefficient (Wildman–Crippen LogP) is 13.7. The largest absolute Gasteiger partial charge is 0.391 e. The Morgan fingerprint density at radius 3 is 0.829 bits per heavy atom. The summed E-state index contributed by atoms with van der Waals surface area (Å²) < 4.78 is 6.68. The van der Waals surface area contributed by atoms with Gasteiger partial charge in [-0.15, -0.1) is 0 Å². The Bertz CT molecular complexity index is 476. The monoisotopic (exact) mass is 581 g/mol. The van der Waals surface area contributed by atoms with Crippen LogP contribution in [0.1, 0.15) is 233 Å². The van der Waals surface area contributed by atoms with Gasteiger partial charge in [0, 0.05) is 0 Å². The maximum absolute atomic E-state index is 10.1. The molecule has 0 aromatic rings. The van der Waals surface area contributed by atoms with Gasteiger partial charge in [0.15, 0.2) is 0 Å². The molecule has 0 fully saturated rings. The lowest BCUT2D eigenvalue weighted by atomic mass is 9.84. The first-order chi connectivity index (χ1) is 20.1. The second-order valence-electron chi connectivity index (χ2n) is 13.8. The number of aliphatic hydroxyl groups excluding tert-OH is 1. The highest BCUT2D eigenvalue weighted by molar-refractivity contribution is 4.82. The molecular formula is C39H80O2.